The molecule has 2 unspecified atom stereocenters. The zero-order chi connectivity index (χ0) is 16.1. The van der Waals surface area contributed by atoms with Crippen molar-refractivity contribution in [3.8, 4) is 5.69 Å². The third-order valence-electron chi connectivity index (χ3n) is 3.98. The number of aliphatic hydroxyl groups excluding tert-OH is 1. The molecule has 5 heteroatoms. The SMILES string of the molecule is Cc1c(C(C)NCC(C)CCO)cnn1-c1ccc(F)cc1. The van der Waals surface area contributed by atoms with E-state index in [-0.39, 0.29) is 18.5 Å². The average molecular weight is 305 g/mol. The normalized spacial score (nSPS) is 14.0. The molecule has 0 radical (unpaired) electrons. The number of rotatable bonds is 7. The second-order valence-electron chi connectivity index (χ2n) is 5.82. The van der Waals surface area contributed by atoms with Crippen LogP contribution in [0.25, 0.3) is 5.69 Å². The number of aromatic nitrogens is 2. The summed E-state index contributed by atoms with van der Waals surface area (Å²) in [5.41, 5.74) is 3.02. The molecule has 22 heavy (non-hydrogen) atoms. The minimum atomic E-state index is -0.248. The molecule has 0 aliphatic heterocycles. The predicted molar refractivity (Wildman–Crippen MR) is 85.5 cm³/mol. The summed E-state index contributed by atoms with van der Waals surface area (Å²) >= 11 is 0. The minimum Gasteiger partial charge on any atom is -0.396 e. The zero-order valence-electron chi connectivity index (χ0n) is 13.4. The average Bonchev–Trinajstić information content (AvgIpc) is 2.88. The van der Waals surface area contributed by atoms with Gasteiger partial charge in [0.15, 0.2) is 0 Å². The Labute approximate surface area is 131 Å². The van der Waals surface area contributed by atoms with Gasteiger partial charge in [-0.25, -0.2) is 9.07 Å². The van der Waals surface area contributed by atoms with E-state index in [1.807, 2.05) is 17.8 Å². The summed E-state index contributed by atoms with van der Waals surface area (Å²) in [6, 6.07) is 6.50. The van der Waals surface area contributed by atoms with E-state index >= 15 is 0 Å². The smallest absolute Gasteiger partial charge is 0.123 e. The molecular weight excluding hydrogens is 281 g/mol. The van der Waals surface area contributed by atoms with Crippen LogP contribution in [-0.2, 0) is 0 Å². The summed E-state index contributed by atoms with van der Waals surface area (Å²) in [6.45, 7) is 7.30. The van der Waals surface area contributed by atoms with Crippen LogP contribution in [0.1, 0.15) is 37.6 Å². The summed E-state index contributed by atoms with van der Waals surface area (Å²) in [6.07, 6.45) is 2.65. The second-order valence-corrected chi connectivity index (χ2v) is 5.82. The van der Waals surface area contributed by atoms with Gasteiger partial charge in [-0.05, 0) is 57.0 Å². The van der Waals surface area contributed by atoms with Gasteiger partial charge < -0.3 is 10.4 Å². The van der Waals surface area contributed by atoms with Crippen molar-refractivity contribution in [2.45, 2.75) is 33.2 Å². The van der Waals surface area contributed by atoms with Gasteiger partial charge in [-0.15, -0.1) is 0 Å². The van der Waals surface area contributed by atoms with Crippen LogP contribution in [0.5, 0.6) is 0 Å². The first-order valence-corrected chi connectivity index (χ1v) is 7.67. The molecule has 4 nitrogen and oxygen atoms in total. The first kappa shape index (κ1) is 16.6. The quantitative estimate of drug-likeness (QED) is 0.827. The van der Waals surface area contributed by atoms with Gasteiger partial charge in [0.05, 0.1) is 11.9 Å². The lowest BCUT2D eigenvalue weighted by atomic mass is 10.1. The Morgan fingerprint density at radius 3 is 2.59 bits per heavy atom. The van der Waals surface area contributed by atoms with E-state index in [9.17, 15) is 4.39 Å². The van der Waals surface area contributed by atoms with Gasteiger partial charge >= 0.3 is 0 Å². The highest BCUT2D eigenvalue weighted by Gasteiger charge is 2.14. The van der Waals surface area contributed by atoms with Gasteiger partial charge in [-0.3, -0.25) is 0 Å². The molecular formula is C17H24FN3O. The number of halogens is 1. The van der Waals surface area contributed by atoms with Crippen molar-refractivity contribution in [1.82, 2.24) is 15.1 Å². The molecule has 0 fully saturated rings. The lowest BCUT2D eigenvalue weighted by Gasteiger charge is -2.17. The van der Waals surface area contributed by atoms with Crippen LogP contribution in [0, 0.1) is 18.7 Å². The van der Waals surface area contributed by atoms with Crippen molar-refractivity contribution in [1.29, 1.82) is 0 Å². The molecule has 2 rings (SSSR count). The number of benzene rings is 1. The van der Waals surface area contributed by atoms with E-state index < -0.39 is 0 Å². The number of nitrogens with zero attached hydrogens (tertiary/aromatic N) is 2. The standard InChI is InChI=1S/C17H24FN3O/c1-12(8-9-22)10-19-13(2)17-11-20-21(14(17)3)16-6-4-15(18)5-7-16/h4-7,11-13,19,22H,8-10H2,1-3H3. The third-order valence-corrected chi connectivity index (χ3v) is 3.98. The van der Waals surface area contributed by atoms with E-state index in [4.69, 9.17) is 5.11 Å². The molecule has 0 aliphatic rings. The van der Waals surface area contributed by atoms with Crippen LogP contribution in [0.2, 0.25) is 0 Å². The maximum absolute atomic E-state index is 13.0. The van der Waals surface area contributed by atoms with Crippen molar-refractivity contribution in [3.63, 3.8) is 0 Å². The van der Waals surface area contributed by atoms with Crippen LogP contribution in [0.3, 0.4) is 0 Å². The fourth-order valence-corrected chi connectivity index (χ4v) is 2.50. The highest BCUT2D eigenvalue weighted by Crippen LogP contribution is 2.20. The first-order valence-electron chi connectivity index (χ1n) is 7.67. The van der Waals surface area contributed by atoms with Crippen LogP contribution in [0.4, 0.5) is 4.39 Å². The van der Waals surface area contributed by atoms with E-state index in [0.29, 0.717) is 5.92 Å². The molecule has 2 aromatic rings. The Balaban J connectivity index is 2.08. The maximum atomic E-state index is 13.0. The molecule has 120 valence electrons. The van der Waals surface area contributed by atoms with Crippen LogP contribution in [0.15, 0.2) is 30.5 Å². The fraction of sp³-hybridized carbons (Fsp3) is 0.471. The van der Waals surface area contributed by atoms with Crippen LogP contribution in [-0.4, -0.2) is 28.0 Å². The number of hydrogen-bond donors (Lipinski definition) is 2. The second kappa shape index (κ2) is 7.51. The summed E-state index contributed by atoms with van der Waals surface area (Å²) in [4.78, 5) is 0. The summed E-state index contributed by atoms with van der Waals surface area (Å²) in [5.74, 6) is 0.182. The van der Waals surface area contributed by atoms with Crippen molar-refractivity contribution < 1.29 is 9.50 Å². The number of nitrogens with one attached hydrogen (secondary N) is 1. The van der Waals surface area contributed by atoms with E-state index in [1.54, 1.807) is 12.1 Å². The monoisotopic (exact) mass is 305 g/mol. The zero-order valence-corrected chi connectivity index (χ0v) is 13.4. The van der Waals surface area contributed by atoms with Gasteiger partial charge in [-0.1, -0.05) is 6.92 Å². The Morgan fingerprint density at radius 1 is 1.27 bits per heavy atom. The molecule has 0 aliphatic carbocycles. The maximum Gasteiger partial charge on any atom is 0.123 e. The minimum absolute atomic E-state index is 0.176. The number of aliphatic hydroxyl groups is 1. The Kier molecular flexibility index (Phi) is 5.69. The number of hydrogen-bond acceptors (Lipinski definition) is 3. The molecule has 1 aromatic carbocycles. The summed E-state index contributed by atoms with van der Waals surface area (Å²) in [7, 11) is 0. The fourth-order valence-electron chi connectivity index (χ4n) is 2.50. The van der Waals surface area contributed by atoms with Crippen molar-refractivity contribution in [3.05, 3.63) is 47.5 Å². The molecule has 2 N–H and O–H groups in total. The van der Waals surface area contributed by atoms with E-state index in [2.05, 4.69) is 24.3 Å². The Morgan fingerprint density at radius 2 is 1.95 bits per heavy atom. The lowest BCUT2D eigenvalue weighted by Crippen LogP contribution is -2.25. The molecule has 2 atom stereocenters. The molecule has 0 amide bonds. The van der Waals surface area contributed by atoms with Gasteiger partial charge in [0.25, 0.3) is 0 Å². The van der Waals surface area contributed by atoms with Crippen LogP contribution < -0.4 is 5.32 Å². The van der Waals surface area contributed by atoms with Gasteiger partial charge in [0, 0.05) is 23.9 Å². The van der Waals surface area contributed by atoms with Crippen LogP contribution >= 0.6 is 0 Å². The first-order chi connectivity index (χ1) is 10.5. The molecule has 0 spiro atoms. The molecule has 1 heterocycles. The van der Waals surface area contributed by atoms with Crippen molar-refractivity contribution in [2.24, 2.45) is 5.92 Å². The highest BCUT2D eigenvalue weighted by molar-refractivity contribution is 5.35. The van der Waals surface area contributed by atoms with Crippen molar-refractivity contribution in [2.75, 3.05) is 13.2 Å². The van der Waals surface area contributed by atoms with E-state index in [0.717, 1.165) is 29.9 Å². The highest BCUT2D eigenvalue weighted by atomic mass is 19.1. The van der Waals surface area contributed by atoms with Crippen molar-refractivity contribution >= 4 is 0 Å². The Hall–Kier alpha value is -1.72. The predicted octanol–water partition coefficient (Wildman–Crippen LogP) is 2.99. The van der Waals surface area contributed by atoms with Gasteiger partial charge in [-0.2, -0.15) is 5.10 Å². The largest absolute Gasteiger partial charge is 0.396 e. The molecule has 1 aromatic heterocycles. The molecule has 0 bridgehead atoms. The summed E-state index contributed by atoms with van der Waals surface area (Å²) in [5, 5.41) is 16.8. The third kappa shape index (κ3) is 3.93. The topological polar surface area (TPSA) is 50.1 Å². The Bertz CT molecular complexity index is 594. The molecule has 0 saturated carbocycles. The van der Waals surface area contributed by atoms with Gasteiger partial charge in [0.2, 0.25) is 0 Å². The lowest BCUT2D eigenvalue weighted by molar-refractivity contribution is 0.258. The summed E-state index contributed by atoms with van der Waals surface area (Å²) < 4.78 is 14.8. The molecule has 0 saturated heterocycles. The van der Waals surface area contributed by atoms with E-state index in [1.165, 1.54) is 12.1 Å². The van der Waals surface area contributed by atoms with Gasteiger partial charge in [0.1, 0.15) is 5.82 Å².